The minimum absolute atomic E-state index is 0.0280. The Morgan fingerprint density at radius 1 is 0.897 bits per heavy atom. The lowest BCUT2D eigenvalue weighted by Gasteiger charge is -2.13. The van der Waals surface area contributed by atoms with Gasteiger partial charge in [0.05, 0.1) is 21.6 Å². The highest BCUT2D eigenvalue weighted by Crippen LogP contribution is 2.26. The van der Waals surface area contributed by atoms with Gasteiger partial charge in [-0.05, 0) is 43.3 Å². The lowest BCUT2D eigenvalue weighted by atomic mass is 10.2. The zero-order valence-electron chi connectivity index (χ0n) is 15.6. The van der Waals surface area contributed by atoms with Gasteiger partial charge in [0.1, 0.15) is 6.61 Å². The van der Waals surface area contributed by atoms with Crippen LogP contribution in [-0.4, -0.2) is 23.4 Å². The van der Waals surface area contributed by atoms with Crippen LogP contribution in [0.2, 0.25) is 0 Å². The number of sulfonamides is 1. The van der Waals surface area contributed by atoms with Gasteiger partial charge in [-0.1, -0.05) is 35.9 Å². The average molecular weight is 406 g/mol. The van der Waals surface area contributed by atoms with E-state index in [1.165, 1.54) is 0 Å². The Labute approximate surface area is 168 Å². The molecule has 0 fully saturated rings. The number of ether oxygens (including phenoxy) is 1. The molecule has 7 nitrogen and oxygen atoms in total. The molecule has 8 heteroatoms. The van der Waals surface area contributed by atoms with Gasteiger partial charge in [-0.3, -0.25) is 9.71 Å². The number of anilines is 1. The minimum Gasteiger partial charge on any atom is -0.469 e. The van der Waals surface area contributed by atoms with E-state index in [0.717, 1.165) is 5.56 Å². The lowest BCUT2D eigenvalue weighted by molar-refractivity contribution is 0.291. The maximum atomic E-state index is 12.8. The molecule has 0 aliphatic carbocycles. The van der Waals surface area contributed by atoms with E-state index in [9.17, 15) is 8.42 Å². The van der Waals surface area contributed by atoms with Gasteiger partial charge in [0.2, 0.25) is 5.82 Å². The first kappa shape index (κ1) is 18.8. The molecule has 1 N–H and O–H groups in total. The highest BCUT2D eigenvalue weighted by atomic mass is 32.2. The molecule has 146 valence electrons. The smallest absolute Gasteiger partial charge is 0.263 e. The van der Waals surface area contributed by atoms with Crippen LogP contribution in [0.4, 0.5) is 5.82 Å². The van der Waals surface area contributed by atoms with Gasteiger partial charge < -0.3 is 4.74 Å². The van der Waals surface area contributed by atoms with E-state index in [2.05, 4.69) is 19.7 Å². The van der Waals surface area contributed by atoms with Crippen molar-refractivity contribution in [2.75, 3.05) is 4.72 Å². The van der Waals surface area contributed by atoms with Gasteiger partial charge in [-0.25, -0.2) is 18.4 Å². The minimum atomic E-state index is -3.85. The van der Waals surface area contributed by atoms with E-state index < -0.39 is 10.0 Å². The number of nitrogens with one attached hydrogen (secondary N) is 1. The van der Waals surface area contributed by atoms with Crippen molar-refractivity contribution < 1.29 is 13.2 Å². The molecular formula is C21H18N4O3S. The summed E-state index contributed by atoms with van der Waals surface area (Å²) in [7, 11) is -3.85. The van der Waals surface area contributed by atoms with Crippen LogP contribution in [0.25, 0.3) is 11.0 Å². The second-order valence-corrected chi connectivity index (χ2v) is 8.08. The molecule has 0 unspecified atom stereocenters. The first-order valence-electron chi connectivity index (χ1n) is 8.90. The quantitative estimate of drug-likeness (QED) is 0.525. The van der Waals surface area contributed by atoms with Crippen molar-refractivity contribution in [2.45, 2.75) is 18.4 Å². The summed E-state index contributed by atoms with van der Waals surface area (Å²) >= 11 is 0. The molecule has 29 heavy (non-hydrogen) atoms. The van der Waals surface area contributed by atoms with E-state index in [1.54, 1.807) is 48.7 Å². The van der Waals surface area contributed by atoms with E-state index >= 15 is 0 Å². The van der Waals surface area contributed by atoms with Crippen LogP contribution in [0.1, 0.15) is 11.3 Å². The average Bonchev–Trinajstić information content (AvgIpc) is 2.73. The predicted molar refractivity (Wildman–Crippen MR) is 110 cm³/mol. The molecule has 0 bridgehead atoms. The number of benzene rings is 2. The molecule has 2 heterocycles. The molecule has 4 aromatic rings. The first-order valence-corrected chi connectivity index (χ1v) is 10.4. The molecule has 0 saturated carbocycles. The standard InChI is InChI=1S/C21H18N4O3S/c1-15-9-11-17(12-10-15)29(26,27)25-20-21(28-14-16-6-4-5-13-22-16)24-19-8-3-2-7-18(19)23-20/h2-13H,14H2,1H3,(H,23,25). The summed E-state index contributed by atoms with van der Waals surface area (Å²) in [5, 5.41) is 0. The molecule has 0 aliphatic rings. The number of hydrogen-bond acceptors (Lipinski definition) is 6. The van der Waals surface area contributed by atoms with Crippen LogP contribution in [0, 0.1) is 6.92 Å². The summed E-state index contributed by atoms with van der Waals surface area (Å²) in [5.74, 6) is 0.116. The summed E-state index contributed by atoms with van der Waals surface area (Å²) in [4.78, 5) is 13.2. The Bertz CT molecular complexity index is 1240. The lowest BCUT2D eigenvalue weighted by Crippen LogP contribution is -2.16. The molecule has 0 amide bonds. The van der Waals surface area contributed by atoms with Crippen molar-refractivity contribution in [3.05, 3.63) is 84.2 Å². The second kappa shape index (κ2) is 7.84. The molecular weight excluding hydrogens is 388 g/mol. The summed E-state index contributed by atoms with van der Waals surface area (Å²) < 4.78 is 33.9. The van der Waals surface area contributed by atoms with E-state index in [4.69, 9.17) is 4.74 Å². The van der Waals surface area contributed by atoms with Gasteiger partial charge in [-0.2, -0.15) is 0 Å². The van der Waals surface area contributed by atoms with E-state index in [0.29, 0.717) is 16.7 Å². The number of aromatic nitrogens is 3. The molecule has 4 rings (SSSR count). The van der Waals surface area contributed by atoms with Gasteiger partial charge in [0.15, 0.2) is 0 Å². The third-order valence-corrected chi connectivity index (χ3v) is 5.54. The summed E-state index contributed by atoms with van der Waals surface area (Å²) in [6.45, 7) is 2.02. The Hall–Kier alpha value is -3.52. The number of aryl methyl sites for hydroxylation is 1. The molecule has 2 aromatic carbocycles. The van der Waals surface area contributed by atoms with Crippen LogP contribution >= 0.6 is 0 Å². The third kappa shape index (κ3) is 4.33. The van der Waals surface area contributed by atoms with Crippen LogP contribution in [-0.2, 0) is 16.6 Å². The first-order chi connectivity index (χ1) is 14.0. The molecule has 0 aliphatic heterocycles. The summed E-state index contributed by atoms with van der Waals surface area (Å²) in [5.41, 5.74) is 2.81. The van der Waals surface area contributed by atoms with Crippen molar-refractivity contribution in [1.82, 2.24) is 15.0 Å². The topological polar surface area (TPSA) is 94.1 Å². The molecule has 0 spiro atoms. The second-order valence-electron chi connectivity index (χ2n) is 6.39. The van der Waals surface area contributed by atoms with Crippen molar-refractivity contribution >= 4 is 26.9 Å². The van der Waals surface area contributed by atoms with Gasteiger partial charge in [0.25, 0.3) is 15.9 Å². The third-order valence-electron chi connectivity index (χ3n) is 4.18. The summed E-state index contributed by atoms with van der Waals surface area (Å²) in [6.07, 6.45) is 1.66. The highest BCUT2D eigenvalue weighted by Gasteiger charge is 2.19. The molecule has 2 aromatic heterocycles. The van der Waals surface area contributed by atoms with Crippen LogP contribution < -0.4 is 9.46 Å². The molecule has 0 saturated heterocycles. The predicted octanol–water partition coefficient (Wildman–Crippen LogP) is 3.71. The zero-order chi connectivity index (χ0) is 20.3. The fraction of sp³-hybridized carbons (Fsp3) is 0.0952. The van der Waals surface area contributed by atoms with Crippen molar-refractivity contribution in [3.8, 4) is 5.88 Å². The fourth-order valence-corrected chi connectivity index (χ4v) is 3.68. The van der Waals surface area contributed by atoms with Gasteiger partial charge in [-0.15, -0.1) is 0 Å². The Balaban J connectivity index is 1.70. The maximum Gasteiger partial charge on any atom is 0.263 e. The molecule has 0 radical (unpaired) electrons. The van der Waals surface area contributed by atoms with E-state index in [1.807, 2.05) is 31.2 Å². The van der Waals surface area contributed by atoms with Crippen molar-refractivity contribution in [3.63, 3.8) is 0 Å². The Kier molecular flexibility index (Phi) is 5.09. The van der Waals surface area contributed by atoms with Crippen LogP contribution in [0.15, 0.2) is 77.8 Å². The maximum absolute atomic E-state index is 12.8. The Morgan fingerprint density at radius 2 is 1.59 bits per heavy atom. The number of fused-ring (bicyclic) bond motifs is 1. The number of pyridine rings is 1. The highest BCUT2D eigenvalue weighted by molar-refractivity contribution is 7.92. The zero-order valence-corrected chi connectivity index (χ0v) is 16.4. The number of para-hydroxylation sites is 2. The van der Waals surface area contributed by atoms with Crippen LogP contribution in [0.5, 0.6) is 5.88 Å². The fourth-order valence-electron chi connectivity index (χ4n) is 2.68. The normalized spacial score (nSPS) is 11.3. The van der Waals surface area contributed by atoms with Crippen molar-refractivity contribution in [1.29, 1.82) is 0 Å². The number of nitrogens with zero attached hydrogens (tertiary/aromatic N) is 3. The van der Waals surface area contributed by atoms with E-state index in [-0.39, 0.29) is 23.2 Å². The number of hydrogen-bond donors (Lipinski definition) is 1. The number of rotatable bonds is 6. The van der Waals surface area contributed by atoms with Gasteiger partial charge in [0, 0.05) is 6.20 Å². The molecule has 0 atom stereocenters. The van der Waals surface area contributed by atoms with Crippen molar-refractivity contribution in [2.24, 2.45) is 0 Å². The Morgan fingerprint density at radius 3 is 2.28 bits per heavy atom. The van der Waals surface area contributed by atoms with Gasteiger partial charge >= 0.3 is 0 Å². The SMILES string of the molecule is Cc1ccc(S(=O)(=O)Nc2nc3ccccc3nc2OCc2ccccn2)cc1. The van der Waals surface area contributed by atoms with Crippen LogP contribution in [0.3, 0.4) is 0 Å². The summed E-state index contributed by atoms with van der Waals surface area (Å²) in [6, 6.07) is 19.2. The monoisotopic (exact) mass is 406 g/mol. The largest absolute Gasteiger partial charge is 0.469 e.